The maximum Gasteiger partial charge on any atom is 0.243 e. The van der Waals surface area contributed by atoms with Crippen molar-refractivity contribution in [2.24, 2.45) is 0 Å². The summed E-state index contributed by atoms with van der Waals surface area (Å²) in [6.07, 6.45) is 1.06. The molecule has 0 aliphatic heterocycles. The Morgan fingerprint density at radius 2 is 1.68 bits per heavy atom. The summed E-state index contributed by atoms with van der Waals surface area (Å²) in [4.78, 5) is 12.6. The Labute approximate surface area is 171 Å². The van der Waals surface area contributed by atoms with Crippen molar-refractivity contribution in [2.45, 2.75) is 32.9 Å². The summed E-state index contributed by atoms with van der Waals surface area (Å²) in [7, 11) is -3.67. The molecule has 0 fully saturated rings. The summed E-state index contributed by atoms with van der Waals surface area (Å²) in [5.74, 6) is 0.291. The second-order valence-corrected chi connectivity index (χ2v) is 9.04. The van der Waals surface area contributed by atoms with Gasteiger partial charge in [0.15, 0.2) is 0 Å². The Kier molecular flexibility index (Phi) is 7.32. The zero-order chi connectivity index (χ0) is 20.9. The van der Waals surface area contributed by atoms with E-state index >= 15 is 0 Å². The molecule has 28 heavy (non-hydrogen) atoms. The van der Waals surface area contributed by atoms with Crippen LogP contribution in [0.3, 0.4) is 0 Å². The fourth-order valence-corrected chi connectivity index (χ4v) is 3.96. The Morgan fingerprint density at radius 3 is 2.21 bits per heavy atom. The first-order valence-electron chi connectivity index (χ1n) is 8.82. The lowest BCUT2D eigenvalue weighted by molar-refractivity contribution is -0.122. The van der Waals surface area contributed by atoms with E-state index in [1.54, 1.807) is 38.1 Å². The lowest BCUT2D eigenvalue weighted by atomic mass is 10.2. The van der Waals surface area contributed by atoms with Crippen LogP contribution >= 0.6 is 11.6 Å². The number of aryl methyl sites for hydroxylation is 1. The van der Waals surface area contributed by atoms with Gasteiger partial charge in [-0.05, 0) is 57.2 Å². The highest BCUT2D eigenvalue weighted by Gasteiger charge is 2.29. The number of carbonyl (C=O) groups excluding carboxylic acids is 1. The summed E-state index contributed by atoms with van der Waals surface area (Å²) in [6, 6.07) is 12.7. The molecule has 2 rings (SSSR count). The van der Waals surface area contributed by atoms with Gasteiger partial charge in [0.1, 0.15) is 18.4 Å². The third-order valence-electron chi connectivity index (χ3n) is 4.08. The predicted molar refractivity (Wildman–Crippen MR) is 113 cm³/mol. The molecule has 2 atom stereocenters. The van der Waals surface area contributed by atoms with Crippen molar-refractivity contribution < 1.29 is 17.9 Å². The summed E-state index contributed by atoms with van der Waals surface area (Å²) in [6.45, 7) is 5.59. The van der Waals surface area contributed by atoms with E-state index in [0.717, 1.165) is 16.1 Å². The van der Waals surface area contributed by atoms with Crippen molar-refractivity contribution in [3.63, 3.8) is 0 Å². The Bertz CT molecular complexity index is 899. The molecule has 8 heteroatoms. The number of benzene rings is 2. The minimum absolute atomic E-state index is 0.265. The van der Waals surface area contributed by atoms with Crippen molar-refractivity contribution in [1.29, 1.82) is 0 Å². The molecular weight excluding hydrogens is 400 g/mol. The molecule has 0 saturated carbocycles. The second kappa shape index (κ2) is 9.30. The largest absolute Gasteiger partial charge is 0.491 e. The number of carbonyl (C=O) groups is 1. The van der Waals surface area contributed by atoms with Crippen molar-refractivity contribution in [2.75, 3.05) is 17.2 Å². The fourth-order valence-electron chi connectivity index (χ4n) is 2.66. The van der Waals surface area contributed by atoms with Crippen LogP contribution in [0.25, 0.3) is 0 Å². The Hall–Kier alpha value is -2.25. The maximum atomic E-state index is 12.6. The number of nitrogens with one attached hydrogen (secondary N) is 1. The van der Waals surface area contributed by atoms with Gasteiger partial charge >= 0.3 is 0 Å². The molecular formula is C20H25ClN2O4S. The van der Waals surface area contributed by atoms with Crippen LogP contribution in [0.5, 0.6) is 5.75 Å². The van der Waals surface area contributed by atoms with Gasteiger partial charge in [-0.3, -0.25) is 9.10 Å². The lowest BCUT2D eigenvalue weighted by Gasteiger charge is -2.29. The average molecular weight is 425 g/mol. The maximum absolute atomic E-state index is 12.6. The van der Waals surface area contributed by atoms with E-state index in [1.807, 2.05) is 31.2 Å². The molecule has 0 aliphatic rings. The average Bonchev–Trinajstić information content (AvgIpc) is 2.62. The number of hydrogen-bond donors (Lipinski definition) is 1. The minimum Gasteiger partial charge on any atom is -0.491 e. The number of sulfonamides is 1. The van der Waals surface area contributed by atoms with E-state index < -0.39 is 22.0 Å². The zero-order valence-electron chi connectivity index (χ0n) is 16.3. The number of halogens is 1. The number of hydrogen-bond acceptors (Lipinski definition) is 4. The predicted octanol–water partition coefficient (Wildman–Crippen LogP) is 3.39. The highest BCUT2D eigenvalue weighted by Crippen LogP contribution is 2.23. The van der Waals surface area contributed by atoms with Crippen LogP contribution in [0.4, 0.5) is 5.69 Å². The molecule has 0 heterocycles. The molecule has 0 spiro atoms. The molecule has 0 aromatic heterocycles. The van der Waals surface area contributed by atoms with Crippen LogP contribution < -0.4 is 14.4 Å². The van der Waals surface area contributed by atoms with Crippen LogP contribution in [-0.2, 0) is 14.8 Å². The first kappa shape index (κ1) is 22.0. The SMILES string of the molecule is Cc1ccc(OC[C@H](C)NC(=O)[C@@H](C)N(c2ccc(Cl)cc2)S(C)(=O)=O)cc1. The van der Waals surface area contributed by atoms with Gasteiger partial charge in [-0.2, -0.15) is 0 Å². The van der Waals surface area contributed by atoms with Crippen LogP contribution in [0.2, 0.25) is 5.02 Å². The zero-order valence-corrected chi connectivity index (χ0v) is 17.9. The molecule has 1 N–H and O–H groups in total. The van der Waals surface area contributed by atoms with Gasteiger partial charge in [-0.25, -0.2) is 8.42 Å². The van der Waals surface area contributed by atoms with E-state index in [4.69, 9.17) is 16.3 Å². The highest BCUT2D eigenvalue weighted by molar-refractivity contribution is 7.92. The van der Waals surface area contributed by atoms with Gasteiger partial charge < -0.3 is 10.1 Å². The number of ether oxygens (including phenoxy) is 1. The van der Waals surface area contributed by atoms with Crippen molar-refractivity contribution in [3.8, 4) is 5.75 Å². The molecule has 0 bridgehead atoms. The third-order valence-corrected chi connectivity index (χ3v) is 5.57. The number of nitrogens with zero attached hydrogens (tertiary/aromatic N) is 1. The normalized spacial score (nSPS) is 13.5. The molecule has 152 valence electrons. The van der Waals surface area contributed by atoms with Gasteiger partial charge in [0, 0.05) is 5.02 Å². The minimum atomic E-state index is -3.67. The van der Waals surface area contributed by atoms with Crippen molar-refractivity contribution >= 4 is 33.2 Å². The molecule has 2 aromatic carbocycles. The summed E-state index contributed by atoms with van der Waals surface area (Å²) in [5.41, 5.74) is 1.50. The van der Waals surface area contributed by atoms with Gasteiger partial charge in [0.05, 0.1) is 18.0 Å². The monoisotopic (exact) mass is 424 g/mol. The Morgan fingerprint density at radius 1 is 1.11 bits per heavy atom. The van der Waals surface area contributed by atoms with E-state index in [-0.39, 0.29) is 12.6 Å². The van der Waals surface area contributed by atoms with Crippen LogP contribution in [-0.4, -0.2) is 39.3 Å². The summed E-state index contributed by atoms with van der Waals surface area (Å²) >= 11 is 5.87. The van der Waals surface area contributed by atoms with Crippen LogP contribution in [0.1, 0.15) is 19.4 Å². The summed E-state index contributed by atoms with van der Waals surface area (Å²) < 4.78 is 31.3. The van der Waals surface area contributed by atoms with Gasteiger partial charge in [-0.1, -0.05) is 29.3 Å². The van der Waals surface area contributed by atoms with Gasteiger partial charge in [0.2, 0.25) is 15.9 Å². The Balaban J connectivity index is 2.03. The number of anilines is 1. The molecule has 1 amide bonds. The molecule has 0 unspecified atom stereocenters. The van der Waals surface area contributed by atoms with E-state index in [9.17, 15) is 13.2 Å². The smallest absolute Gasteiger partial charge is 0.243 e. The first-order valence-corrected chi connectivity index (χ1v) is 11.1. The second-order valence-electron chi connectivity index (χ2n) is 6.74. The highest BCUT2D eigenvalue weighted by atomic mass is 35.5. The topological polar surface area (TPSA) is 75.7 Å². The fraction of sp³-hybridized carbons (Fsp3) is 0.350. The van der Waals surface area contributed by atoms with E-state index in [2.05, 4.69) is 5.32 Å². The first-order chi connectivity index (χ1) is 13.1. The van der Waals surface area contributed by atoms with Gasteiger partial charge in [0.25, 0.3) is 0 Å². The van der Waals surface area contributed by atoms with E-state index in [0.29, 0.717) is 16.5 Å². The number of rotatable bonds is 8. The van der Waals surface area contributed by atoms with E-state index in [1.165, 1.54) is 0 Å². The summed E-state index contributed by atoms with van der Waals surface area (Å²) in [5, 5.41) is 3.28. The quantitative estimate of drug-likeness (QED) is 0.704. The molecule has 0 saturated heterocycles. The van der Waals surface area contributed by atoms with Gasteiger partial charge in [-0.15, -0.1) is 0 Å². The molecule has 6 nitrogen and oxygen atoms in total. The van der Waals surface area contributed by atoms with Crippen LogP contribution in [0, 0.1) is 6.92 Å². The molecule has 2 aromatic rings. The molecule has 0 aliphatic carbocycles. The lowest BCUT2D eigenvalue weighted by Crippen LogP contribution is -2.50. The van der Waals surface area contributed by atoms with Crippen molar-refractivity contribution in [1.82, 2.24) is 5.32 Å². The van der Waals surface area contributed by atoms with Crippen LogP contribution in [0.15, 0.2) is 48.5 Å². The third kappa shape index (κ3) is 6.14. The van der Waals surface area contributed by atoms with Crippen molar-refractivity contribution in [3.05, 3.63) is 59.1 Å². The molecule has 0 radical (unpaired) electrons. The standard InChI is InChI=1S/C20H25ClN2O4S/c1-14-5-11-19(12-6-14)27-13-15(2)22-20(24)16(3)23(28(4,25)26)18-9-7-17(21)8-10-18/h5-12,15-16H,13H2,1-4H3,(H,22,24)/t15-,16+/m0/s1. The number of amides is 1.